The molecule has 0 aromatic rings. The molecule has 0 aliphatic rings. The first kappa shape index (κ1) is 29.0. The van der Waals surface area contributed by atoms with Crippen molar-refractivity contribution in [1.82, 2.24) is 15.3 Å². The van der Waals surface area contributed by atoms with Gasteiger partial charge in [0.1, 0.15) is 19.8 Å². The van der Waals surface area contributed by atoms with E-state index in [2.05, 4.69) is 19.8 Å². The van der Waals surface area contributed by atoms with E-state index in [-0.39, 0.29) is 45.5 Å². The molecule has 0 aliphatic heterocycles. The zero-order valence-corrected chi connectivity index (χ0v) is 19.3. The van der Waals surface area contributed by atoms with Crippen molar-refractivity contribution in [2.45, 2.75) is 20.3 Å². The summed E-state index contributed by atoms with van der Waals surface area (Å²) in [6, 6.07) is 0. The van der Waals surface area contributed by atoms with Gasteiger partial charge in [-0.3, -0.25) is 14.5 Å². The van der Waals surface area contributed by atoms with Crippen molar-refractivity contribution < 1.29 is 42.9 Å². The molecular weight excluding hydrogens is 433 g/mol. The summed E-state index contributed by atoms with van der Waals surface area (Å²) in [5, 5.41) is 4.96. The van der Waals surface area contributed by atoms with E-state index in [0.717, 1.165) is 6.42 Å². The van der Waals surface area contributed by atoms with Gasteiger partial charge in [0.05, 0.1) is 33.0 Å². The fourth-order valence-electron chi connectivity index (χ4n) is 2.01. The number of nitrogens with one attached hydrogen (secondary N) is 2. The van der Waals surface area contributed by atoms with E-state index in [0.29, 0.717) is 32.8 Å². The van der Waals surface area contributed by atoms with Gasteiger partial charge in [0.25, 0.3) is 0 Å². The Hall–Kier alpha value is -2.01. The molecule has 13 heteroatoms. The van der Waals surface area contributed by atoms with Crippen LogP contribution in [0.1, 0.15) is 20.3 Å². The minimum absolute atomic E-state index is 0.0582. The molecule has 0 fully saturated rings. The van der Waals surface area contributed by atoms with Gasteiger partial charge in [0.15, 0.2) is 0 Å². The number of rotatable bonds is 18. The van der Waals surface area contributed by atoms with E-state index in [1.165, 1.54) is 6.92 Å². The zero-order chi connectivity index (χ0) is 23.3. The van der Waals surface area contributed by atoms with Crippen LogP contribution in [0.4, 0.5) is 4.79 Å². The standard InChI is InChI=1S/C18H34N3O9P/c1-3-7-30-18(25)19-4-8-26-11-12-27-14-17(24)29-10-6-21(13-16(23)20-31)5-9-28-15(2)22/h3-14,31H2,1-2H3,(H,19,25)(H,20,23). The lowest BCUT2D eigenvalue weighted by molar-refractivity contribution is -0.149. The van der Waals surface area contributed by atoms with Crippen LogP contribution in [0.15, 0.2) is 0 Å². The van der Waals surface area contributed by atoms with Gasteiger partial charge in [-0.1, -0.05) is 6.92 Å². The van der Waals surface area contributed by atoms with Crippen LogP contribution in [0.2, 0.25) is 0 Å². The summed E-state index contributed by atoms with van der Waals surface area (Å²) < 4.78 is 25.2. The van der Waals surface area contributed by atoms with E-state index in [1.54, 1.807) is 4.90 Å². The lowest BCUT2D eigenvalue weighted by Crippen LogP contribution is -2.38. The molecule has 180 valence electrons. The molecule has 0 rings (SSSR count). The van der Waals surface area contributed by atoms with E-state index < -0.39 is 18.0 Å². The number of carbonyl (C=O) groups excluding carboxylic acids is 4. The molecule has 0 bridgehead atoms. The van der Waals surface area contributed by atoms with Gasteiger partial charge in [-0.25, -0.2) is 9.59 Å². The molecule has 0 aliphatic carbocycles. The van der Waals surface area contributed by atoms with Crippen LogP contribution < -0.4 is 10.4 Å². The maximum Gasteiger partial charge on any atom is 0.407 e. The predicted octanol–water partition coefficient (Wildman–Crippen LogP) is -0.530. The van der Waals surface area contributed by atoms with Crippen LogP contribution in [0.5, 0.6) is 0 Å². The Morgan fingerprint density at radius 1 is 0.871 bits per heavy atom. The summed E-state index contributed by atoms with van der Waals surface area (Å²) in [6.07, 6.45) is 0.274. The number of ether oxygens (including phenoxy) is 5. The monoisotopic (exact) mass is 467 g/mol. The van der Waals surface area contributed by atoms with Crippen molar-refractivity contribution in [3.05, 3.63) is 0 Å². The van der Waals surface area contributed by atoms with Gasteiger partial charge < -0.3 is 34.1 Å². The molecule has 0 radical (unpaired) electrons. The number of hydrogen-bond donors (Lipinski definition) is 2. The SMILES string of the molecule is CCCOC(=O)NCCOCCOCC(=O)OCCN(CCOC(C)=O)CC(=O)NP. The third kappa shape index (κ3) is 19.7. The number of carbonyl (C=O) groups is 4. The fraction of sp³-hybridized carbons (Fsp3) is 0.778. The molecule has 0 heterocycles. The van der Waals surface area contributed by atoms with Crippen molar-refractivity contribution in [2.75, 3.05) is 72.4 Å². The minimum atomic E-state index is -0.546. The maximum atomic E-state index is 11.7. The Morgan fingerprint density at radius 2 is 1.55 bits per heavy atom. The van der Waals surface area contributed by atoms with Gasteiger partial charge in [-0.2, -0.15) is 0 Å². The van der Waals surface area contributed by atoms with Crippen LogP contribution >= 0.6 is 9.39 Å². The molecular formula is C18H34N3O9P. The summed E-state index contributed by atoms with van der Waals surface area (Å²) in [5.41, 5.74) is 0. The van der Waals surface area contributed by atoms with E-state index >= 15 is 0 Å². The first-order valence-electron chi connectivity index (χ1n) is 9.95. The smallest absolute Gasteiger partial charge is 0.407 e. The van der Waals surface area contributed by atoms with Crippen molar-refractivity contribution in [3.63, 3.8) is 0 Å². The zero-order valence-electron chi connectivity index (χ0n) is 18.2. The average Bonchev–Trinajstić information content (AvgIpc) is 2.73. The molecule has 12 nitrogen and oxygen atoms in total. The number of amides is 2. The molecule has 0 aromatic heterocycles. The van der Waals surface area contributed by atoms with E-state index in [4.69, 9.17) is 23.7 Å². The van der Waals surface area contributed by atoms with E-state index in [1.807, 2.05) is 6.92 Å². The lowest BCUT2D eigenvalue weighted by atomic mass is 10.4. The molecule has 0 spiro atoms. The second-order valence-corrected chi connectivity index (χ2v) is 6.42. The van der Waals surface area contributed by atoms with Gasteiger partial charge in [-0.05, 0) is 15.8 Å². The molecule has 2 amide bonds. The third-order valence-corrected chi connectivity index (χ3v) is 3.78. The maximum absolute atomic E-state index is 11.7. The Bertz CT molecular complexity index is 537. The second kappa shape index (κ2) is 19.9. The Labute approximate surface area is 184 Å². The Kier molecular flexibility index (Phi) is 18.6. The number of esters is 2. The van der Waals surface area contributed by atoms with Gasteiger partial charge in [-0.15, -0.1) is 0 Å². The molecule has 1 atom stereocenters. The van der Waals surface area contributed by atoms with Gasteiger partial charge >= 0.3 is 18.0 Å². The van der Waals surface area contributed by atoms with Crippen molar-refractivity contribution >= 4 is 33.3 Å². The summed E-state index contributed by atoms with van der Waals surface area (Å²) in [7, 11) is 2.11. The molecule has 0 saturated carbocycles. The van der Waals surface area contributed by atoms with Gasteiger partial charge in [0.2, 0.25) is 5.91 Å². The second-order valence-electron chi connectivity index (χ2n) is 6.13. The third-order valence-electron chi connectivity index (χ3n) is 3.46. The Balaban J connectivity index is 3.77. The first-order chi connectivity index (χ1) is 14.9. The van der Waals surface area contributed by atoms with E-state index in [9.17, 15) is 19.2 Å². The summed E-state index contributed by atoms with van der Waals surface area (Å²) in [4.78, 5) is 46.9. The van der Waals surface area contributed by atoms with Crippen molar-refractivity contribution in [1.29, 1.82) is 0 Å². The highest BCUT2D eigenvalue weighted by atomic mass is 31.0. The first-order valence-corrected chi connectivity index (χ1v) is 10.5. The highest BCUT2D eigenvalue weighted by Crippen LogP contribution is 1.93. The fourth-order valence-corrected chi connectivity index (χ4v) is 2.11. The molecule has 2 N–H and O–H groups in total. The van der Waals surface area contributed by atoms with Crippen LogP contribution in [0.3, 0.4) is 0 Å². The summed E-state index contributed by atoms with van der Waals surface area (Å²) in [6.45, 7) is 5.28. The van der Waals surface area contributed by atoms with Crippen LogP contribution in [-0.2, 0) is 38.1 Å². The lowest BCUT2D eigenvalue weighted by Gasteiger charge is -2.20. The number of hydrogen-bond acceptors (Lipinski definition) is 10. The quantitative estimate of drug-likeness (QED) is 0.117. The normalized spacial score (nSPS) is 10.5. The molecule has 31 heavy (non-hydrogen) atoms. The summed E-state index contributed by atoms with van der Waals surface area (Å²) >= 11 is 0. The molecule has 0 saturated heterocycles. The molecule has 0 aromatic carbocycles. The largest absolute Gasteiger partial charge is 0.465 e. The number of nitrogens with zero attached hydrogens (tertiary/aromatic N) is 1. The van der Waals surface area contributed by atoms with Crippen molar-refractivity contribution in [3.8, 4) is 0 Å². The van der Waals surface area contributed by atoms with Crippen LogP contribution in [-0.4, -0.2) is 101 Å². The topological polar surface area (TPSA) is 142 Å². The Morgan fingerprint density at radius 3 is 2.19 bits per heavy atom. The highest BCUT2D eigenvalue weighted by Gasteiger charge is 2.12. The van der Waals surface area contributed by atoms with Crippen molar-refractivity contribution in [2.24, 2.45) is 0 Å². The predicted molar refractivity (Wildman–Crippen MR) is 113 cm³/mol. The average molecular weight is 467 g/mol. The highest BCUT2D eigenvalue weighted by molar-refractivity contribution is 7.15. The molecule has 1 unspecified atom stereocenters. The van der Waals surface area contributed by atoms with Gasteiger partial charge in [0, 0.05) is 26.6 Å². The summed E-state index contributed by atoms with van der Waals surface area (Å²) in [5.74, 6) is -1.19. The number of alkyl carbamates (subject to hydrolysis) is 1. The van der Waals surface area contributed by atoms with Crippen LogP contribution in [0, 0.1) is 0 Å². The van der Waals surface area contributed by atoms with Crippen LogP contribution in [0.25, 0.3) is 0 Å². The minimum Gasteiger partial charge on any atom is -0.465 e.